The van der Waals surface area contributed by atoms with Crippen LogP contribution in [0.25, 0.3) is 0 Å². The Morgan fingerprint density at radius 2 is 1.74 bits per heavy atom. The van der Waals surface area contributed by atoms with E-state index in [2.05, 4.69) is 50.4 Å². The van der Waals surface area contributed by atoms with Crippen molar-refractivity contribution < 1.29 is 9.53 Å². The van der Waals surface area contributed by atoms with E-state index in [0.717, 1.165) is 11.3 Å². The SMILES string of the molecule is CC(=O)O[C@@H]1c2ccccc2N[C@@H](c2ccc(C)cc2)C1(C)C. The Morgan fingerprint density at radius 3 is 2.39 bits per heavy atom. The summed E-state index contributed by atoms with van der Waals surface area (Å²) in [5.41, 5.74) is 4.24. The molecule has 0 aromatic heterocycles. The molecule has 0 bridgehead atoms. The van der Waals surface area contributed by atoms with Gasteiger partial charge in [0, 0.05) is 23.6 Å². The van der Waals surface area contributed by atoms with Gasteiger partial charge in [-0.2, -0.15) is 0 Å². The summed E-state index contributed by atoms with van der Waals surface area (Å²) in [6.07, 6.45) is -0.274. The van der Waals surface area contributed by atoms with E-state index in [0.29, 0.717) is 0 Å². The monoisotopic (exact) mass is 309 g/mol. The number of rotatable bonds is 2. The number of ether oxygens (including phenoxy) is 1. The van der Waals surface area contributed by atoms with Gasteiger partial charge in [-0.25, -0.2) is 0 Å². The van der Waals surface area contributed by atoms with Gasteiger partial charge in [0.05, 0.1) is 6.04 Å². The van der Waals surface area contributed by atoms with Gasteiger partial charge in [-0.3, -0.25) is 4.79 Å². The molecule has 1 heterocycles. The van der Waals surface area contributed by atoms with Crippen LogP contribution in [0.2, 0.25) is 0 Å². The molecule has 0 saturated carbocycles. The minimum absolute atomic E-state index is 0.0716. The third kappa shape index (κ3) is 2.83. The molecule has 0 radical (unpaired) electrons. The second-order valence-corrected chi connectivity index (χ2v) is 6.89. The number of nitrogens with one attached hydrogen (secondary N) is 1. The second-order valence-electron chi connectivity index (χ2n) is 6.89. The van der Waals surface area contributed by atoms with E-state index in [9.17, 15) is 4.79 Å². The lowest BCUT2D eigenvalue weighted by Crippen LogP contribution is -2.40. The summed E-state index contributed by atoms with van der Waals surface area (Å²) >= 11 is 0. The van der Waals surface area contributed by atoms with E-state index in [1.165, 1.54) is 18.1 Å². The molecule has 0 saturated heterocycles. The molecule has 23 heavy (non-hydrogen) atoms. The van der Waals surface area contributed by atoms with Gasteiger partial charge in [0.2, 0.25) is 0 Å². The van der Waals surface area contributed by atoms with Gasteiger partial charge in [-0.15, -0.1) is 0 Å². The number of carbonyl (C=O) groups is 1. The van der Waals surface area contributed by atoms with Crippen LogP contribution in [0.3, 0.4) is 0 Å². The first-order valence-electron chi connectivity index (χ1n) is 7.99. The van der Waals surface area contributed by atoms with Crippen molar-refractivity contribution in [3.05, 3.63) is 65.2 Å². The molecule has 0 aliphatic carbocycles. The molecule has 1 N–H and O–H groups in total. The fraction of sp³-hybridized carbons (Fsp3) is 0.350. The first-order chi connectivity index (χ1) is 10.9. The van der Waals surface area contributed by atoms with Gasteiger partial charge >= 0.3 is 5.97 Å². The second kappa shape index (κ2) is 5.73. The molecular formula is C20H23NO2. The Labute approximate surface area is 137 Å². The zero-order valence-electron chi connectivity index (χ0n) is 14.1. The minimum atomic E-state index is -0.274. The van der Waals surface area contributed by atoms with E-state index in [-0.39, 0.29) is 23.5 Å². The van der Waals surface area contributed by atoms with Crippen molar-refractivity contribution in [1.29, 1.82) is 0 Å². The van der Waals surface area contributed by atoms with Crippen LogP contribution in [-0.2, 0) is 9.53 Å². The fourth-order valence-electron chi connectivity index (χ4n) is 3.40. The zero-order valence-corrected chi connectivity index (χ0v) is 14.1. The third-order valence-electron chi connectivity index (χ3n) is 4.66. The molecule has 2 atom stereocenters. The highest BCUT2D eigenvalue weighted by atomic mass is 16.5. The third-order valence-corrected chi connectivity index (χ3v) is 4.66. The van der Waals surface area contributed by atoms with Crippen molar-refractivity contribution in [3.63, 3.8) is 0 Å². The highest BCUT2D eigenvalue weighted by Crippen LogP contribution is 2.52. The predicted molar refractivity (Wildman–Crippen MR) is 92.3 cm³/mol. The van der Waals surface area contributed by atoms with Gasteiger partial charge in [-0.1, -0.05) is 61.9 Å². The van der Waals surface area contributed by atoms with E-state index in [4.69, 9.17) is 4.74 Å². The van der Waals surface area contributed by atoms with Crippen molar-refractivity contribution in [2.75, 3.05) is 5.32 Å². The first kappa shape index (κ1) is 15.6. The number of hydrogen-bond acceptors (Lipinski definition) is 3. The molecule has 3 nitrogen and oxygen atoms in total. The number of para-hydroxylation sites is 1. The Balaban J connectivity index is 2.09. The highest BCUT2D eigenvalue weighted by Gasteiger charge is 2.45. The summed E-state index contributed by atoms with van der Waals surface area (Å²) in [5.74, 6) is -0.248. The summed E-state index contributed by atoms with van der Waals surface area (Å²) in [5, 5.41) is 3.63. The van der Waals surface area contributed by atoms with Crippen molar-refractivity contribution in [1.82, 2.24) is 0 Å². The maximum absolute atomic E-state index is 11.7. The Kier molecular flexibility index (Phi) is 3.88. The van der Waals surface area contributed by atoms with Crippen molar-refractivity contribution in [3.8, 4) is 0 Å². The van der Waals surface area contributed by atoms with Crippen LogP contribution < -0.4 is 5.32 Å². The molecule has 3 heteroatoms. The minimum Gasteiger partial charge on any atom is -0.457 e. The van der Waals surface area contributed by atoms with E-state index in [1.54, 1.807) is 0 Å². The van der Waals surface area contributed by atoms with Crippen LogP contribution >= 0.6 is 0 Å². The summed E-state index contributed by atoms with van der Waals surface area (Å²) in [6.45, 7) is 7.85. The lowest BCUT2D eigenvalue weighted by Gasteiger charge is -2.46. The van der Waals surface area contributed by atoms with Crippen LogP contribution in [0.15, 0.2) is 48.5 Å². The normalized spacial score (nSPS) is 21.9. The van der Waals surface area contributed by atoms with Crippen LogP contribution in [0.4, 0.5) is 5.69 Å². The summed E-state index contributed by atoms with van der Waals surface area (Å²) in [4.78, 5) is 11.7. The number of carbonyl (C=O) groups excluding carboxylic acids is 1. The molecule has 0 unspecified atom stereocenters. The van der Waals surface area contributed by atoms with Gasteiger partial charge in [-0.05, 0) is 18.6 Å². The molecule has 1 aliphatic rings. The van der Waals surface area contributed by atoms with Crippen LogP contribution in [0.1, 0.15) is 49.6 Å². The Hall–Kier alpha value is -2.29. The van der Waals surface area contributed by atoms with Gasteiger partial charge in [0.25, 0.3) is 0 Å². The topological polar surface area (TPSA) is 38.3 Å². The van der Waals surface area contributed by atoms with Crippen molar-refractivity contribution in [2.24, 2.45) is 5.41 Å². The first-order valence-corrected chi connectivity index (χ1v) is 7.99. The summed E-state index contributed by atoms with van der Waals surface area (Å²) < 4.78 is 5.73. The number of esters is 1. The molecule has 0 fully saturated rings. The van der Waals surface area contributed by atoms with Crippen molar-refractivity contribution >= 4 is 11.7 Å². The molecule has 3 rings (SSSR count). The summed E-state index contributed by atoms with van der Waals surface area (Å²) in [7, 11) is 0. The molecular weight excluding hydrogens is 286 g/mol. The van der Waals surface area contributed by atoms with Gasteiger partial charge < -0.3 is 10.1 Å². The highest BCUT2D eigenvalue weighted by molar-refractivity contribution is 5.68. The number of benzene rings is 2. The predicted octanol–water partition coefficient (Wildman–Crippen LogP) is 4.79. The number of fused-ring (bicyclic) bond motifs is 1. The molecule has 120 valence electrons. The van der Waals surface area contributed by atoms with Crippen LogP contribution in [0, 0.1) is 12.3 Å². The largest absolute Gasteiger partial charge is 0.457 e. The quantitative estimate of drug-likeness (QED) is 0.810. The van der Waals surface area contributed by atoms with Crippen LogP contribution in [-0.4, -0.2) is 5.97 Å². The maximum atomic E-state index is 11.7. The number of anilines is 1. The standard InChI is InChI=1S/C20H23NO2/c1-13-9-11-15(12-10-13)18-20(3,4)19(23-14(2)22)16-7-5-6-8-17(16)21-18/h5-12,18-19,21H,1-4H3/t18-,19+/m0/s1. The smallest absolute Gasteiger partial charge is 0.303 e. The van der Waals surface area contributed by atoms with E-state index < -0.39 is 0 Å². The van der Waals surface area contributed by atoms with Crippen molar-refractivity contribution in [2.45, 2.75) is 39.8 Å². The molecule has 2 aromatic carbocycles. The maximum Gasteiger partial charge on any atom is 0.303 e. The average molecular weight is 309 g/mol. The van der Waals surface area contributed by atoms with E-state index >= 15 is 0 Å². The summed E-state index contributed by atoms with van der Waals surface area (Å²) in [6, 6.07) is 16.7. The lowest BCUT2D eigenvalue weighted by molar-refractivity contribution is -0.154. The Morgan fingerprint density at radius 1 is 1.09 bits per heavy atom. The average Bonchev–Trinajstić information content (AvgIpc) is 2.51. The zero-order chi connectivity index (χ0) is 16.6. The lowest BCUT2D eigenvalue weighted by atomic mass is 9.70. The van der Waals surface area contributed by atoms with Crippen LogP contribution in [0.5, 0.6) is 0 Å². The molecule has 0 amide bonds. The van der Waals surface area contributed by atoms with E-state index in [1.807, 2.05) is 24.3 Å². The van der Waals surface area contributed by atoms with Gasteiger partial charge in [0.15, 0.2) is 0 Å². The Bertz CT molecular complexity index is 719. The molecule has 2 aromatic rings. The molecule has 0 spiro atoms. The number of hydrogen-bond donors (Lipinski definition) is 1. The van der Waals surface area contributed by atoms with Gasteiger partial charge in [0.1, 0.15) is 6.10 Å². The number of aryl methyl sites for hydroxylation is 1. The fourth-order valence-corrected chi connectivity index (χ4v) is 3.40. The molecule has 1 aliphatic heterocycles.